The van der Waals surface area contributed by atoms with Crippen LogP contribution in [0.15, 0.2) is 11.4 Å². The van der Waals surface area contributed by atoms with Crippen molar-refractivity contribution in [3.8, 4) is 0 Å². The van der Waals surface area contributed by atoms with Gasteiger partial charge < -0.3 is 5.73 Å². The minimum atomic E-state index is -0.332. The number of carbonyl (C=O) groups is 1. The van der Waals surface area contributed by atoms with Crippen LogP contribution in [0.5, 0.6) is 0 Å². The molecule has 0 atom stereocenters. The third-order valence-corrected chi connectivity index (χ3v) is 1.44. The number of nitrogens with zero attached hydrogens (tertiary/aromatic N) is 1. The van der Waals surface area contributed by atoms with Gasteiger partial charge in [-0.1, -0.05) is 0 Å². The van der Waals surface area contributed by atoms with Gasteiger partial charge in [-0.05, 0) is 17.6 Å². The largest absolute Gasteiger partial charge is 0.369 e. The highest BCUT2D eigenvalue weighted by Crippen LogP contribution is 1.98. The maximum absolute atomic E-state index is 10.3. The SMILES string of the molecule is NC(=O)Cc1ccsn1. The summed E-state index contributed by atoms with van der Waals surface area (Å²) in [7, 11) is 0. The lowest BCUT2D eigenvalue weighted by atomic mass is 10.3. The fourth-order valence-corrected chi connectivity index (χ4v) is 1.05. The standard InChI is InChI=1S/C5H6N2OS/c6-5(8)3-4-1-2-9-7-4/h1-2H,3H2,(H2,6,8). The second-order valence-corrected chi connectivity index (χ2v) is 2.30. The van der Waals surface area contributed by atoms with Crippen molar-refractivity contribution in [1.82, 2.24) is 4.37 Å². The van der Waals surface area contributed by atoms with Gasteiger partial charge >= 0.3 is 0 Å². The van der Waals surface area contributed by atoms with Gasteiger partial charge in [0, 0.05) is 5.38 Å². The summed E-state index contributed by atoms with van der Waals surface area (Å²) >= 11 is 1.32. The molecule has 0 radical (unpaired) electrons. The summed E-state index contributed by atoms with van der Waals surface area (Å²) < 4.78 is 3.90. The molecule has 9 heavy (non-hydrogen) atoms. The van der Waals surface area contributed by atoms with Crippen molar-refractivity contribution in [1.29, 1.82) is 0 Å². The molecule has 4 heteroatoms. The minimum absolute atomic E-state index is 0.253. The molecule has 0 bridgehead atoms. The van der Waals surface area contributed by atoms with Gasteiger partial charge in [0.25, 0.3) is 0 Å². The molecule has 0 fully saturated rings. The second kappa shape index (κ2) is 2.59. The number of rotatable bonds is 2. The van der Waals surface area contributed by atoms with Crippen LogP contribution in [0, 0.1) is 0 Å². The Bertz CT molecular complexity index is 195. The lowest BCUT2D eigenvalue weighted by Gasteiger charge is -1.85. The first-order chi connectivity index (χ1) is 4.29. The molecule has 0 saturated heterocycles. The van der Waals surface area contributed by atoms with Crippen LogP contribution < -0.4 is 5.73 Å². The van der Waals surface area contributed by atoms with Gasteiger partial charge in [-0.2, -0.15) is 4.37 Å². The average Bonchev–Trinajstić information content (AvgIpc) is 2.15. The Kier molecular flexibility index (Phi) is 1.79. The second-order valence-electron chi connectivity index (χ2n) is 1.63. The monoisotopic (exact) mass is 142 g/mol. The van der Waals surface area contributed by atoms with E-state index in [0.29, 0.717) is 0 Å². The van der Waals surface area contributed by atoms with E-state index in [1.54, 1.807) is 6.07 Å². The van der Waals surface area contributed by atoms with Crippen LogP contribution in [0.25, 0.3) is 0 Å². The van der Waals surface area contributed by atoms with Crippen molar-refractivity contribution in [2.45, 2.75) is 6.42 Å². The predicted octanol–water partition coefficient (Wildman–Crippen LogP) is 0.171. The van der Waals surface area contributed by atoms with Crippen molar-refractivity contribution in [2.75, 3.05) is 0 Å². The van der Waals surface area contributed by atoms with Gasteiger partial charge in [-0.15, -0.1) is 0 Å². The smallest absolute Gasteiger partial charge is 0.223 e. The van der Waals surface area contributed by atoms with Gasteiger partial charge in [0.1, 0.15) is 0 Å². The molecule has 2 N–H and O–H groups in total. The van der Waals surface area contributed by atoms with Crippen molar-refractivity contribution in [3.63, 3.8) is 0 Å². The molecule has 1 aromatic heterocycles. The third-order valence-electron chi connectivity index (χ3n) is 0.847. The third kappa shape index (κ3) is 1.81. The van der Waals surface area contributed by atoms with Crippen LogP contribution in [0.4, 0.5) is 0 Å². The Morgan fingerprint density at radius 3 is 3.11 bits per heavy atom. The molecular weight excluding hydrogens is 136 g/mol. The first-order valence-corrected chi connectivity index (χ1v) is 3.30. The zero-order valence-electron chi connectivity index (χ0n) is 4.70. The van der Waals surface area contributed by atoms with E-state index in [2.05, 4.69) is 4.37 Å². The molecule has 0 aromatic carbocycles. The van der Waals surface area contributed by atoms with Crippen LogP contribution >= 0.6 is 11.5 Å². The van der Waals surface area contributed by atoms with Crippen molar-refractivity contribution < 1.29 is 4.79 Å². The molecule has 0 aliphatic heterocycles. The fourth-order valence-electron chi connectivity index (χ4n) is 0.507. The molecule has 1 amide bonds. The number of carbonyl (C=O) groups excluding carboxylic acids is 1. The summed E-state index contributed by atoms with van der Waals surface area (Å²) in [4.78, 5) is 10.3. The highest BCUT2D eigenvalue weighted by atomic mass is 32.1. The summed E-state index contributed by atoms with van der Waals surface area (Å²) in [6, 6.07) is 1.79. The van der Waals surface area contributed by atoms with E-state index < -0.39 is 0 Å². The van der Waals surface area contributed by atoms with Crippen molar-refractivity contribution in [3.05, 3.63) is 17.1 Å². The fraction of sp³-hybridized carbons (Fsp3) is 0.200. The van der Waals surface area contributed by atoms with Gasteiger partial charge in [-0.25, -0.2) is 0 Å². The summed E-state index contributed by atoms with van der Waals surface area (Å²) in [5, 5.41) is 1.82. The highest BCUT2D eigenvalue weighted by molar-refractivity contribution is 7.03. The topological polar surface area (TPSA) is 56.0 Å². The molecule has 48 valence electrons. The summed E-state index contributed by atoms with van der Waals surface area (Å²) in [6.07, 6.45) is 0.253. The maximum Gasteiger partial charge on any atom is 0.223 e. The molecule has 0 unspecified atom stereocenters. The van der Waals surface area contributed by atoms with Crippen molar-refractivity contribution >= 4 is 17.4 Å². The van der Waals surface area contributed by atoms with Gasteiger partial charge in [0.2, 0.25) is 5.91 Å². The first kappa shape index (κ1) is 6.22. The number of hydrogen-bond acceptors (Lipinski definition) is 3. The molecule has 0 saturated carbocycles. The molecule has 0 aliphatic rings. The predicted molar refractivity (Wildman–Crippen MR) is 35.0 cm³/mol. The normalized spacial score (nSPS) is 9.33. The molecular formula is C5H6N2OS. The summed E-state index contributed by atoms with van der Waals surface area (Å²) in [5.74, 6) is -0.332. The molecule has 1 aromatic rings. The Morgan fingerprint density at radius 1 is 1.89 bits per heavy atom. The van der Waals surface area contributed by atoms with Crippen LogP contribution in [-0.2, 0) is 11.2 Å². The Hall–Kier alpha value is -0.900. The van der Waals surface area contributed by atoms with Crippen LogP contribution in [0.1, 0.15) is 5.69 Å². The zero-order chi connectivity index (χ0) is 6.69. The number of primary amides is 1. The lowest BCUT2D eigenvalue weighted by Crippen LogP contribution is -2.13. The van der Waals surface area contributed by atoms with Crippen LogP contribution in [0.3, 0.4) is 0 Å². The number of hydrogen-bond donors (Lipinski definition) is 1. The van der Waals surface area contributed by atoms with Crippen LogP contribution in [-0.4, -0.2) is 10.3 Å². The van der Waals surface area contributed by atoms with Gasteiger partial charge in [0.15, 0.2) is 0 Å². The molecule has 1 heterocycles. The average molecular weight is 142 g/mol. The zero-order valence-corrected chi connectivity index (χ0v) is 5.52. The molecule has 0 aliphatic carbocycles. The highest BCUT2D eigenvalue weighted by Gasteiger charge is 1.97. The summed E-state index contributed by atoms with van der Waals surface area (Å²) in [6.45, 7) is 0. The van der Waals surface area contributed by atoms with Crippen molar-refractivity contribution in [2.24, 2.45) is 5.73 Å². The maximum atomic E-state index is 10.3. The number of aromatic nitrogens is 1. The first-order valence-electron chi connectivity index (χ1n) is 2.46. The van der Waals surface area contributed by atoms with E-state index in [1.165, 1.54) is 11.5 Å². The van der Waals surface area contributed by atoms with Crippen LogP contribution in [0.2, 0.25) is 0 Å². The van der Waals surface area contributed by atoms with E-state index in [1.807, 2.05) is 5.38 Å². The Balaban J connectivity index is 2.58. The number of nitrogens with two attached hydrogens (primary N) is 1. The van der Waals surface area contributed by atoms with E-state index in [-0.39, 0.29) is 12.3 Å². The Labute approximate surface area is 56.7 Å². The van der Waals surface area contributed by atoms with E-state index in [9.17, 15) is 4.79 Å². The van der Waals surface area contributed by atoms with E-state index in [0.717, 1.165) is 5.69 Å². The van der Waals surface area contributed by atoms with Gasteiger partial charge in [-0.3, -0.25) is 4.79 Å². The number of amides is 1. The molecule has 3 nitrogen and oxygen atoms in total. The molecule has 1 rings (SSSR count). The minimum Gasteiger partial charge on any atom is -0.369 e. The lowest BCUT2D eigenvalue weighted by molar-refractivity contribution is -0.117. The Morgan fingerprint density at radius 2 is 2.67 bits per heavy atom. The van der Waals surface area contributed by atoms with E-state index in [4.69, 9.17) is 5.73 Å². The molecule has 0 spiro atoms. The summed E-state index contributed by atoms with van der Waals surface area (Å²) in [5.41, 5.74) is 5.67. The quantitative estimate of drug-likeness (QED) is 0.640. The van der Waals surface area contributed by atoms with Gasteiger partial charge in [0.05, 0.1) is 12.1 Å². The van der Waals surface area contributed by atoms with E-state index >= 15 is 0 Å².